The first-order valence-corrected chi connectivity index (χ1v) is 7.16. The highest BCUT2D eigenvalue weighted by molar-refractivity contribution is 6.30. The molecule has 98 valence electrons. The quantitative estimate of drug-likeness (QED) is 0.876. The molecule has 1 N–H and O–H groups in total. The zero-order valence-electron chi connectivity index (χ0n) is 11.1. The van der Waals surface area contributed by atoms with Gasteiger partial charge in [-0.3, -0.25) is 0 Å². The normalized spacial score (nSPS) is 21.4. The molecule has 0 spiro atoms. The van der Waals surface area contributed by atoms with Crippen LogP contribution in [-0.4, -0.2) is 7.05 Å². The van der Waals surface area contributed by atoms with E-state index in [2.05, 4.69) is 41.7 Å². The van der Waals surface area contributed by atoms with E-state index in [0.717, 1.165) is 11.4 Å². The Hall–Kier alpha value is -1.31. The monoisotopic (exact) mass is 271 g/mol. The molecule has 3 rings (SSSR count). The molecule has 2 heteroatoms. The van der Waals surface area contributed by atoms with Crippen LogP contribution in [0.25, 0.3) is 0 Å². The summed E-state index contributed by atoms with van der Waals surface area (Å²) in [5, 5.41) is 4.23. The third-order valence-corrected chi connectivity index (χ3v) is 4.33. The van der Waals surface area contributed by atoms with E-state index in [4.69, 9.17) is 11.6 Å². The van der Waals surface area contributed by atoms with Crippen molar-refractivity contribution in [2.45, 2.75) is 24.8 Å². The fraction of sp³-hybridized carbons (Fsp3) is 0.294. The molecular formula is C17H18ClN. The van der Waals surface area contributed by atoms with Gasteiger partial charge in [0.15, 0.2) is 0 Å². The third kappa shape index (κ3) is 2.54. The van der Waals surface area contributed by atoms with Crippen LogP contribution in [0.3, 0.4) is 0 Å². The lowest BCUT2D eigenvalue weighted by Gasteiger charge is -2.12. The van der Waals surface area contributed by atoms with Crippen molar-refractivity contribution in [1.82, 2.24) is 5.32 Å². The lowest BCUT2D eigenvalue weighted by atomic mass is 9.94. The molecule has 19 heavy (non-hydrogen) atoms. The highest BCUT2D eigenvalue weighted by Crippen LogP contribution is 2.41. The van der Waals surface area contributed by atoms with E-state index in [-0.39, 0.29) is 0 Å². The first-order valence-electron chi connectivity index (χ1n) is 6.78. The minimum absolute atomic E-state index is 0.494. The average molecular weight is 272 g/mol. The standard InChI is InChI=1S/C17H18ClN/c1-19-17-11-13(15-4-2-3-5-16(15)17)10-12-6-8-14(18)9-7-12/h2-9,13,17,19H,10-11H2,1H3/t13-,17-/m1/s1. The molecule has 0 saturated carbocycles. The molecule has 0 aliphatic heterocycles. The molecule has 2 aromatic rings. The van der Waals surface area contributed by atoms with Crippen LogP contribution < -0.4 is 5.32 Å². The predicted molar refractivity (Wildman–Crippen MR) is 80.8 cm³/mol. The van der Waals surface area contributed by atoms with Crippen LogP contribution in [0.15, 0.2) is 48.5 Å². The summed E-state index contributed by atoms with van der Waals surface area (Å²) < 4.78 is 0. The Balaban J connectivity index is 1.85. The first kappa shape index (κ1) is 12.7. The molecule has 0 amide bonds. The van der Waals surface area contributed by atoms with Crippen LogP contribution in [0, 0.1) is 0 Å². The van der Waals surface area contributed by atoms with Crippen molar-refractivity contribution in [2.75, 3.05) is 7.05 Å². The first-order chi connectivity index (χ1) is 9.28. The highest BCUT2D eigenvalue weighted by atomic mass is 35.5. The van der Waals surface area contributed by atoms with Gasteiger partial charge in [-0.05, 0) is 54.6 Å². The average Bonchev–Trinajstić information content (AvgIpc) is 2.80. The van der Waals surface area contributed by atoms with E-state index in [1.165, 1.54) is 23.1 Å². The van der Waals surface area contributed by atoms with Gasteiger partial charge in [0.2, 0.25) is 0 Å². The van der Waals surface area contributed by atoms with Crippen LogP contribution in [0.4, 0.5) is 0 Å². The van der Waals surface area contributed by atoms with E-state index in [0.29, 0.717) is 12.0 Å². The van der Waals surface area contributed by atoms with Gasteiger partial charge in [0.1, 0.15) is 0 Å². The van der Waals surface area contributed by atoms with Gasteiger partial charge >= 0.3 is 0 Å². The van der Waals surface area contributed by atoms with Gasteiger partial charge in [0.25, 0.3) is 0 Å². The minimum atomic E-state index is 0.494. The Morgan fingerprint density at radius 2 is 1.74 bits per heavy atom. The molecule has 0 saturated heterocycles. The van der Waals surface area contributed by atoms with E-state index >= 15 is 0 Å². The zero-order chi connectivity index (χ0) is 13.2. The number of halogens is 1. The number of rotatable bonds is 3. The van der Waals surface area contributed by atoms with Crippen molar-refractivity contribution in [1.29, 1.82) is 0 Å². The maximum atomic E-state index is 5.95. The Kier molecular flexibility index (Phi) is 3.58. The molecule has 0 radical (unpaired) electrons. The summed E-state index contributed by atoms with van der Waals surface area (Å²) in [4.78, 5) is 0. The van der Waals surface area contributed by atoms with Crippen LogP contribution >= 0.6 is 11.6 Å². The lowest BCUT2D eigenvalue weighted by molar-refractivity contribution is 0.532. The summed E-state index contributed by atoms with van der Waals surface area (Å²) >= 11 is 5.95. The molecular weight excluding hydrogens is 254 g/mol. The van der Waals surface area contributed by atoms with Gasteiger partial charge in [-0.2, -0.15) is 0 Å². The van der Waals surface area contributed by atoms with Crippen molar-refractivity contribution in [3.8, 4) is 0 Å². The van der Waals surface area contributed by atoms with Crippen LogP contribution in [0.1, 0.15) is 35.1 Å². The van der Waals surface area contributed by atoms with Crippen molar-refractivity contribution in [3.63, 3.8) is 0 Å². The van der Waals surface area contributed by atoms with Gasteiger partial charge in [-0.15, -0.1) is 0 Å². The Labute approximate surface area is 119 Å². The molecule has 1 aliphatic carbocycles. The van der Waals surface area contributed by atoms with Crippen LogP contribution in [0.2, 0.25) is 5.02 Å². The zero-order valence-corrected chi connectivity index (χ0v) is 11.8. The van der Waals surface area contributed by atoms with Crippen LogP contribution in [-0.2, 0) is 6.42 Å². The number of hydrogen-bond acceptors (Lipinski definition) is 1. The van der Waals surface area contributed by atoms with E-state index in [1.54, 1.807) is 0 Å². The Morgan fingerprint density at radius 3 is 2.42 bits per heavy atom. The van der Waals surface area contributed by atoms with Gasteiger partial charge in [-0.1, -0.05) is 48.0 Å². The predicted octanol–water partition coefficient (Wildman–Crippen LogP) is 4.33. The van der Waals surface area contributed by atoms with Gasteiger partial charge in [0.05, 0.1) is 0 Å². The lowest BCUT2D eigenvalue weighted by Crippen LogP contribution is -2.13. The summed E-state index contributed by atoms with van der Waals surface area (Å²) in [5.74, 6) is 0.606. The molecule has 2 aromatic carbocycles. The maximum absolute atomic E-state index is 5.95. The second-order valence-corrected chi connectivity index (χ2v) is 5.67. The van der Waals surface area contributed by atoms with Gasteiger partial charge < -0.3 is 5.32 Å². The van der Waals surface area contributed by atoms with E-state index in [9.17, 15) is 0 Å². The Bertz CT molecular complexity index is 562. The summed E-state index contributed by atoms with van der Waals surface area (Å²) in [6.07, 6.45) is 2.27. The van der Waals surface area contributed by atoms with Crippen molar-refractivity contribution < 1.29 is 0 Å². The molecule has 0 unspecified atom stereocenters. The number of nitrogens with one attached hydrogen (secondary N) is 1. The largest absolute Gasteiger partial charge is 0.313 e. The number of fused-ring (bicyclic) bond motifs is 1. The molecule has 2 atom stereocenters. The molecule has 1 nitrogen and oxygen atoms in total. The topological polar surface area (TPSA) is 12.0 Å². The minimum Gasteiger partial charge on any atom is -0.313 e. The maximum Gasteiger partial charge on any atom is 0.0406 e. The summed E-state index contributed by atoms with van der Waals surface area (Å²) in [6.45, 7) is 0. The molecule has 0 fully saturated rings. The third-order valence-electron chi connectivity index (χ3n) is 4.08. The number of benzene rings is 2. The Morgan fingerprint density at radius 1 is 1.05 bits per heavy atom. The molecule has 0 bridgehead atoms. The fourth-order valence-corrected chi connectivity index (χ4v) is 3.24. The second-order valence-electron chi connectivity index (χ2n) is 5.23. The van der Waals surface area contributed by atoms with Crippen molar-refractivity contribution in [2.24, 2.45) is 0 Å². The van der Waals surface area contributed by atoms with Crippen LogP contribution in [0.5, 0.6) is 0 Å². The number of hydrogen-bond donors (Lipinski definition) is 1. The summed E-state index contributed by atoms with van der Waals surface area (Å²) in [5.41, 5.74) is 4.32. The molecule has 1 aliphatic rings. The summed E-state index contributed by atoms with van der Waals surface area (Å²) in [7, 11) is 2.05. The van der Waals surface area contributed by atoms with Crippen molar-refractivity contribution >= 4 is 11.6 Å². The van der Waals surface area contributed by atoms with Crippen molar-refractivity contribution in [3.05, 3.63) is 70.2 Å². The molecule has 0 heterocycles. The van der Waals surface area contributed by atoms with Gasteiger partial charge in [-0.25, -0.2) is 0 Å². The SMILES string of the molecule is CN[C@@H]1C[C@@H](Cc2ccc(Cl)cc2)c2ccccc21. The van der Waals surface area contributed by atoms with E-state index in [1.807, 2.05) is 19.2 Å². The highest BCUT2D eigenvalue weighted by Gasteiger charge is 2.29. The molecule has 0 aromatic heterocycles. The van der Waals surface area contributed by atoms with Gasteiger partial charge in [0, 0.05) is 11.1 Å². The fourth-order valence-electron chi connectivity index (χ4n) is 3.11. The second kappa shape index (κ2) is 5.36. The van der Waals surface area contributed by atoms with E-state index < -0.39 is 0 Å². The summed E-state index contributed by atoms with van der Waals surface area (Å²) in [6, 6.07) is 17.5. The smallest absolute Gasteiger partial charge is 0.0406 e.